The summed E-state index contributed by atoms with van der Waals surface area (Å²) in [6.45, 7) is 3.42. The Morgan fingerprint density at radius 2 is 1.96 bits per heavy atom. The van der Waals surface area contributed by atoms with Crippen LogP contribution in [0.4, 0.5) is 4.79 Å². The summed E-state index contributed by atoms with van der Waals surface area (Å²) < 4.78 is 0. The van der Waals surface area contributed by atoms with Crippen LogP contribution in [0.15, 0.2) is 24.3 Å². The molecular weight excluding hydrogens is 298 g/mol. The lowest BCUT2D eigenvalue weighted by Crippen LogP contribution is -2.54. The first-order chi connectivity index (χ1) is 10.8. The van der Waals surface area contributed by atoms with Crippen LogP contribution in [0.2, 0.25) is 0 Å². The molecule has 0 saturated carbocycles. The van der Waals surface area contributed by atoms with E-state index in [4.69, 9.17) is 0 Å². The first kappa shape index (κ1) is 16.8. The molecule has 23 heavy (non-hydrogen) atoms. The van der Waals surface area contributed by atoms with E-state index in [0.29, 0.717) is 12.0 Å². The zero-order valence-corrected chi connectivity index (χ0v) is 13.2. The number of aliphatic carboxylic acids is 1. The molecule has 0 unspecified atom stereocenters. The number of aryl methyl sites for hydroxylation is 1. The van der Waals surface area contributed by atoms with Crippen molar-refractivity contribution in [3.8, 4) is 0 Å². The van der Waals surface area contributed by atoms with Gasteiger partial charge in [-0.1, -0.05) is 24.3 Å². The van der Waals surface area contributed by atoms with Gasteiger partial charge in [-0.3, -0.25) is 4.79 Å². The number of carboxylic acids is 1. The highest BCUT2D eigenvalue weighted by Crippen LogP contribution is 2.37. The van der Waals surface area contributed by atoms with Gasteiger partial charge >= 0.3 is 12.0 Å². The first-order valence-electron chi connectivity index (χ1n) is 7.52. The van der Waals surface area contributed by atoms with Crippen molar-refractivity contribution in [1.82, 2.24) is 16.0 Å². The standard InChI is InChI=1S/C16H21N3O4/c1-10(2)18-13(20)9-17-15(23)19-16(14(21)22)8-7-11-5-3-4-6-12(11)16/h3-6,10H,7-9H2,1-2H3,(H,18,20)(H,21,22)(H2,17,19,23)/t16-/m0/s1. The third-order valence-electron chi connectivity index (χ3n) is 3.80. The Bertz CT molecular complexity index is 630. The largest absolute Gasteiger partial charge is 0.479 e. The molecule has 0 radical (unpaired) electrons. The lowest BCUT2D eigenvalue weighted by molar-refractivity contribution is -0.144. The molecule has 4 N–H and O–H groups in total. The molecule has 0 heterocycles. The second-order valence-electron chi connectivity index (χ2n) is 5.90. The number of hydrogen-bond acceptors (Lipinski definition) is 3. The summed E-state index contributed by atoms with van der Waals surface area (Å²) in [4.78, 5) is 35.4. The van der Waals surface area contributed by atoms with Gasteiger partial charge < -0.3 is 21.1 Å². The summed E-state index contributed by atoms with van der Waals surface area (Å²) in [6.07, 6.45) is 0.865. The number of hydrogen-bond donors (Lipinski definition) is 4. The maximum atomic E-state index is 12.0. The zero-order valence-electron chi connectivity index (χ0n) is 13.2. The van der Waals surface area contributed by atoms with Crippen LogP contribution in [-0.4, -0.2) is 35.6 Å². The number of fused-ring (bicyclic) bond motifs is 1. The second kappa shape index (κ2) is 6.68. The first-order valence-corrected chi connectivity index (χ1v) is 7.52. The number of rotatable bonds is 5. The number of nitrogens with one attached hydrogen (secondary N) is 3. The Hall–Kier alpha value is -2.57. The molecule has 0 spiro atoms. The molecule has 1 aliphatic rings. The fraction of sp³-hybridized carbons (Fsp3) is 0.438. The average molecular weight is 319 g/mol. The van der Waals surface area contributed by atoms with E-state index >= 15 is 0 Å². The lowest BCUT2D eigenvalue weighted by Gasteiger charge is -2.27. The van der Waals surface area contributed by atoms with Gasteiger partial charge in [0.15, 0.2) is 5.54 Å². The van der Waals surface area contributed by atoms with Crippen LogP contribution in [-0.2, 0) is 21.5 Å². The fourth-order valence-electron chi connectivity index (χ4n) is 2.79. The molecule has 3 amide bonds. The minimum absolute atomic E-state index is 0.0283. The van der Waals surface area contributed by atoms with Gasteiger partial charge in [0.05, 0.1) is 6.54 Å². The Kier molecular flexibility index (Phi) is 4.88. The number of carbonyl (C=O) groups excluding carboxylic acids is 2. The highest BCUT2D eigenvalue weighted by Gasteiger charge is 2.46. The van der Waals surface area contributed by atoms with Gasteiger partial charge in [0.25, 0.3) is 0 Å². The third-order valence-corrected chi connectivity index (χ3v) is 3.80. The second-order valence-corrected chi connectivity index (χ2v) is 5.90. The van der Waals surface area contributed by atoms with Crippen molar-refractivity contribution in [1.29, 1.82) is 0 Å². The minimum atomic E-state index is -1.45. The van der Waals surface area contributed by atoms with Crippen molar-refractivity contribution in [2.75, 3.05) is 6.54 Å². The molecule has 0 aliphatic heterocycles. The number of amides is 3. The molecule has 1 aromatic carbocycles. The summed E-state index contributed by atoms with van der Waals surface area (Å²) in [7, 11) is 0. The quantitative estimate of drug-likeness (QED) is 0.642. The van der Waals surface area contributed by atoms with Gasteiger partial charge in [-0.05, 0) is 37.8 Å². The third kappa shape index (κ3) is 3.61. The number of carboxylic acid groups (broad SMARTS) is 1. The molecule has 7 nitrogen and oxygen atoms in total. The summed E-state index contributed by atoms with van der Waals surface area (Å²) >= 11 is 0. The van der Waals surface area contributed by atoms with E-state index in [2.05, 4.69) is 16.0 Å². The van der Waals surface area contributed by atoms with Gasteiger partial charge in [-0.25, -0.2) is 9.59 Å². The normalized spacial score (nSPS) is 19.1. The van der Waals surface area contributed by atoms with Crippen LogP contribution in [0.25, 0.3) is 0 Å². The number of urea groups is 1. The Balaban J connectivity index is 2.06. The SMILES string of the molecule is CC(C)NC(=O)CNC(=O)N[C@@]1(C(=O)O)CCc2ccccc21. The van der Waals surface area contributed by atoms with E-state index in [1.54, 1.807) is 12.1 Å². The molecule has 1 aromatic rings. The van der Waals surface area contributed by atoms with Crippen LogP contribution in [0, 0.1) is 0 Å². The molecule has 0 saturated heterocycles. The monoisotopic (exact) mass is 319 g/mol. The van der Waals surface area contributed by atoms with E-state index in [9.17, 15) is 19.5 Å². The smallest absolute Gasteiger partial charge is 0.334 e. The molecule has 1 aliphatic carbocycles. The van der Waals surface area contributed by atoms with E-state index in [1.807, 2.05) is 26.0 Å². The molecule has 0 fully saturated rings. The summed E-state index contributed by atoms with van der Waals surface area (Å²) in [6, 6.07) is 6.45. The molecule has 7 heteroatoms. The van der Waals surface area contributed by atoms with Crippen LogP contribution in [0.1, 0.15) is 31.4 Å². The van der Waals surface area contributed by atoms with Crippen LogP contribution >= 0.6 is 0 Å². The van der Waals surface area contributed by atoms with Crippen molar-refractivity contribution in [3.63, 3.8) is 0 Å². The fourth-order valence-corrected chi connectivity index (χ4v) is 2.79. The van der Waals surface area contributed by atoms with Crippen LogP contribution < -0.4 is 16.0 Å². The number of carbonyl (C=O) groups is 3. The van der Waals surface area contributed by atoms with Crippen molar-refractivity contribution in [2.24, 2.45) is 0 Å². The van der Waals surface area contributed by atoms with Gasteiger partial charge in [-0.15, -0.1) is 0 Å². The van der Waals surface area contributed by atoms with E-state index < -0.39 is 17.5 Å². The van der Waals surface area contributed by atoms with Gasteiger partial charge in [0.2, 0.25) is 5.91 Å². The summed E-state index contributed by atoms with van der Waals surface area (Å²) in [5.41, 5.74) is 0.0527. The Morgan fingerprint density at radius 1 is 1.26 bits per heavy atom. The van der Waals surface area contributed by atoms with Crippen molar-refractivity contribution in [3.05, 3.63) is 35.4 Å². The molecule has 0 aromatic heterocycles. The van der Waals surface area contributed by atoms with Crippen molar-refractivity contribution < 1.29 is 19.5 Å². The average Bonchev–Trinajstić information content (AvgIpc) is 2.85. The highest BCUT2D eigenvalue weighted by atomic mass is 16.4. The van der Waals surface area contributed by atoms with Crippen LogP contribution in [0.3, 0.4) is 0 Å². The molecule has 0 bridgehead atoms. The Labute approximate surface area is 134 Å². The predicted molar refractivity (Wildman–Crippen MR) is 83.9 cm³/mol. The zero-order chi connectivity index (χ0) is 17.0. The van der Waals surface area contributed by atoms with Gasteiger partial charge in [-0.2, -0.15) is 0 Å². The Morgan fingerprint density at radius 3 is 2.61 bits per heavy atom. The molecule has 1 atom stereocenters. The lowest BCUT2D eigenvalue weighted by atomic mass is 9.92. The molecule has 2 rings (SSSR count). The van der Waals surface area contributed by atoms with E-state index in [0.717, 1.165) is 5.56 Å². The predicted octanol–water partition coefficient (Wildman–Crippen LogP) is 0.737. The molecular formula is C16H21N3O4. The summed E-state index contributed by atoms with van der Waals surface area (Å²) in [5, 5.41) is 17.2. The highest BCUT2D eigenvalue weighted by molar-refractivity contribution is 5.90. The van der Waals surface area contributed by atoms with E-state index in [-0.39, 0.29) is 24.9 Å². The van der Waals surface area contributed by atoms with Gasteiger partial charge in [0, 0.05) is 6.04 Å². The van der Waals surface area contributed by atoms with E-state index in [1.165, 1.54) is 0 Å². The minimum Gasteiger partial charge on any atom is -0.479 e. The topological polar surface area (TPSA) is 108 Å². The van der Waals surface area contributed by atoms with Crippen molar-refractivity contribution >= 4 is 17.9 Å². The summed E-state index contributed by atoms with van der Waals surface area (Å²) in [5.74, 6) is -1.43. The number of benzene rings is 1. The maximum absolute atomic E-state index is 12.0. The van der Waals surface area contributed by atoms with Gasteiger partial charge in [0.1, 0.15) is 0 Å². The molecule has 124 valence electrons. The van der Waals surface area contributed by atoms with Crippen LogP contribution in [0.5, 0.6) is 0 Å². The van der Waals surface area contributed by atoms with Crippen molar-refractivity contribution in [2.45, 2.75) is 38.3 Å². The maximum Gasteiger partial charge on any atom is 0.334 e.